The predicted octanol–water partition coefficient (Wildman–Crippen LogP) is 2.62. The molecule has 26 heavy (non-hydrogen) atoms. The molecule has 3 heterocycles. The summed E-state index contributed by atoms with van der Waals surface area (Å²) in [7, 11) is 3.30. The predicted molar refractivity (Wildman–Crippen MR) is 98.1 cm³/mol. The molecule has 5 rings (SSSR count). The van der Waals surface area contributed by atoms with E-state index < -0.39 is 0 Å². The van der Waals surface area contributed by atoms with E-state index in [4.69, 9.17) is 30.5 Å². The van der Waals surface area contributed by atoms with Gasteiger partial charge in [-0.1, -0.05) is 17.7 Å². The summed E-state index contributed by atoms with van der Waals surface area (Å²) in [5.74, 6) is 3.05. The van der Waals surface area contributed by atoms with Gasteiger partial charge < -0.3 is 18.9 Å². The van der Waals surface area contributed by atoms with Crippen molar-refractivity contribution >= 4 is 23.4 Å². The van der Waals surface area contributed by atoms with Gasteiger partial charge in [0.05, 0.1) is 26.3 Å². The second-order valence-electron chi connectivity index (χ2n) is 6.61. The Kier molecular flexibility index (Phi) is 3.55. The van der Waals surface area contributed by atoms with Crippen LogP contribution in [0.4, 0.5) is 0 Å². The van der Waals surface area contributed by atoms with Gasteiger partial charge in [-0.15, -0.1) is 0 Å². The number of quaternary nitrogens is 1. The number of methoxy groups -OCH3 is 2. The van der Waals surface area contributed by atoms with Crippen LogP contribution in [-0.4, -0.2) is 27.6 Å². The zero-order chi connectivity index (χ0) is 17.8. The zero-order valence-electron chi connectivity index (χ0n) is 14.6. The Morgan fingerprint density at radius 2 is 1.92 bits per heavy atom. The van der Waals surface area contributed by atoms with E-state index in [1.807, 2.05) is 12.1 Å². The van der Waals surface area contributed by atoms with Gasteiger partial charge in [-0.2, -0.15) is 0 Å². The third-order valence-electron chi connectivity index (χ3n) is 5.38. The monoisotopic (exact) mass is 372 g/mol. The van der Waals surface area contributed by atoms with Gasteiger partial charge in [-0.25, -0.2) is 0 Å². The lowest BCUT2D eigenvalue weighted by molar-refractivity contribution is -0.846. The van der Waals surface area contributed by atoms with E-state index in [1.54, 1.807) is 14.2 Å². The maximum absolute atomic E-state index is 6.95. The Hall–Kier alpha value is -2.37. The van der Waals surface area contributed by atoms with Crippen molar-refractivity contribution in [3.63, 3.8) is 0 Å². The van der Waals surface area contributed by atoms with Crippen LogP contribution in [0.25, 0.3) is 11.8 Å². The smallest absolute Gasteiger partial charge is 0.231 e. The Labute approximate surface area is 156 Å². The average Bonchev–Trinajstić information content (AvgIpc) is 3.12. The lowest BCUT2D eigenvalue weighted by Gasteiger charge is -2.35. The molecule has 3 aliphatic rings. The van der Waals surface area contributed by atoms with Crippen molar-refractivity contribution in [2.24, 2.45) is 0 Å². The van der Waals surface area contributed by atoms with E-state index >= 15 is 0 Å². The zero-order valence-corrected chi connectivity index (χ0v) is 15.4. The quantitative estimate of drug-likeness (QED) is 0.650. The largest absolute Gasteiger partial charge is 0.493 e. The Morgan fingerprint density at radius 3 is 2.69 bits per heavy atom. The number of hydrogen-bond donors (Lipinski definition) is 1. The van der Waals surface area contributed by atoms with Crippen molar-refractivity contribution in [1.29, 1.82) is 0 Å². The normalized spacial score (nSPS) is 22.0. The summed E-state index contributed by atoms with van der Waals surface area (Å²) in [4.78, 5) is 1.22. The lowest BCUT2D eigenvalue weighted by Crippen LogP contribution is -3.10. The molecule has 3 aliphatic heterocycles. The highest BCUT2D eigenvalue weighted by molar-refractivity contribution is 6.20. The van der Waals surface area contributed by atoms with Crippen LogP contribution in [0.5, 0.6) is 23.0 Å². The van der Waals surface area contributed by atoms with E-state index in [1.165, 1.54) is 21.7 Å². The fraction of sp³-hybridized carbons (Fsp3) is 0.300. The van der Waals surface area contributed by atoms with Crippen molar-refractivity contribution in [2.75, 3.05) is 27.6 Å². The molecule has 134 valence electrons. The SMILES string of the molecule is COc1ccc2c(c1OC)C(Cl)[NH+]1CCc3cc4c(cc3C1=C2)OCO4. The molecule has 1 N–H and O–H groups in total. The van der Waals surface area contributed by atoms with E-state index in [2.05, 4.69) is 18.2 Å². The molecule has 6 heteroatoms. The second-order valence-corrected chi connectivity index (χ2v) is 7.05. The Morgan fingerprint density at radius 1 is 1.12 bits per heavy atom. The molecule has 0 amide bonds. The summed E-state index contributed by atoms with van der Waals surface area (Å²) < 4.78 is 22.2. The minimum atomic E-state index is -0.242. The van der Waals surface area contributed by atoms with E-state index in [-0.39, 0.29) is 12.3 Å². The van der Waals surface area contributed by atoms with Crippen LogP contribution in [0.2, 0.25) is 0 Å². The van der Waals surface area contributed by atoms with Crippen LogP contribution < -0.4 is 23.8 Å². The third kappa shape index (κ3) is 2.14. The number of ether oxygens (including phenoxy) is 4. The molecule has 0 aliphatic carbocycles. The first-order valence-corrected chi connectivity index (χ1v) is 9.04. The van der Waals surface area contributed by atoms with Crippen LogP contribution >= 0.6 is 11.6 Å². The molecule has 0 saturated carbocycles. The van der Waals surface area contributed by atoms with Gasteiger partial charge in [-0.3, -0.25) is 4.90 Å². The van der Waals surface area contributed by atoms with Crippen molar-refractivity contribution < 1.29 is 23.8 Å². The molecule has 2 aromatic carbocycles. The first kappa shape index (κ1) is 15.9. The summed E-state index contributed by atoms with van der Waals surface area (Å²) in [5, 5.41) is 0. The van der Waals surface area contributed by atoms with Gasteiger partial charge >= 0.3 is 0 Å². The summed E-state index contributed by atoms with van der Waals surface area (Å²) in [6.07, 6.45) is 3.13. The number of fused-ring (bicyclic) bond motifs is 5. The fourth-order valence-corrected chi connectivity index (χ4v) is 4.59. The highest BCUT2D eigenvalue weighted by Gasteiger charge is 2.40. The van der Waals surface area contributed by atoms with E-state index in [9.17, 15) is 0 Å². The molecule has 2 unspecified atom stereocenters. The molecule has 2 aromatic rings. The van der Waals surface area contributed by atoms with E-state index in [0.29, 0.717) is 11.5 Å². The van der Waals surface area contributed by atoms with Crippen LogP contribution in [0.3, 0.4) is 0 Å². The first-order chi connectivity index (χ1) is 12.7. The highest BCUT2D eigenvalue weighted by atomic mass is 35.5. The van der Waals surface area contributed by atoms with Crippen LogP contribution in [-0.2, 0) is 6.42 Å². The summed E-state index contributed by atoms with van der Waals surface area (Å²) in [5.41, 5.74) is 5.44. The number of hydrogen-bond acceptors (Lipinski definition) is 4. The number of alkyl halides is 1. The topological polar surface area (TPSA) is 41.4 Å². The standard InChI is InChI=1S/C20H18ClNO4/c1-23-15-4-3-12-7-14-13-9-17-16(25-10-26-17)8-11(13)5-6-22(14)20(21)18(12)19(15)24-2/h3-4,7-9,20H,5-6,10H2,1-2H3/p+1. The van der Waals surface area contributed by atoms with Gasteiger partial charge in [0.1, 0.15) is 5.70 Å². The maximum Gasteiger partial charge on any atom is 0.231 e. The van der Waals surface area contributed by atoms with Gasteiger partial charge in [0.25, 0.3) is 0 Å². The van der Waals surface area contributed by atoms with Crippen LogP contribution in [0.15, 0.2) is 24.3 Å². The van der Waals surface area contributed by atoms with E-state index in [0.717, 1.165) is 35.6 Å². The van der Waals surface area contributed by atoms with Crippen molar-refractivity contribution in [2.45, 2.75) is 11.9 Å². The van der Waals surface area contributed by atoms with Crippen LogP contribution in [0, 0.1) is 0 Å². The molecule has 0 saturated heterocycles. The average molecular weight is 373 g/mol. The molecule has 2 atom stereocenters. The number of halogens is 1. The molecule has 0 bridgehead atoms. The second kappa shape index (κ2) is 5.83. The number of benzene rings is 2. The molecular formula is C20H19ClNO4+. The Balaban J connectivity index is 1.70. The van der Waals surface area contributed by atoms with Gasteiger partial charge in [0.2, 0.25) is 6.79 Å². The molecule has 0 radical (unpaired) electrons. The third-order valence-corrected chi connectivity index (χ3v) is 5.86. The summed E-state index contributed by atoms with van der Waals surface area (Å²) >= 11 is 6.95. The molecular weight excluding hydrogens is 354 g/mol. The first-order valence-electron chi connectivity index (χ1n) is 8.61. The Bertz CT molecular complexity index is 940. The lowest BCUT2D eigenvalue weighted by atomic mass is 9.90. The molecule has 5 nitrogen and oxygen atoms in total. The summed E-state index contributed by atoms with van der Waals surface area (Å²) in [6.45, 7) is 1.19. The fourth-order valence-electron chi connectivity index (χ4n) is 4.14. The molecule has 0 fully saturated rings. The van der Waals surface area contributed by atoms with Gasteiger partial charge in [0, 0.05) is 18.1 Å². The summed E-state index contributed by atoms with van der Waals surface area (Å²) in [6, 6.07) is 8.14. The van der Waals surface area contributed by atoms with Crippen molar-refractivity contribution in [3.8, 4) is 23.0 Å². The van der Waals surface area contributed by atoms with Crippen molar-refractivity contribution in [3.05, 3.63) is 46.5 Å². The maximum atomic E-state index is 6.95. The number of nitrogens with one attached hydrogen (secondary N) is 1. The van der Waals surface area contributed by atoms with Gasteiger partial charge in [-0.05, 0) is 29.3 Å². The minimum absolute atomic E-state index is 0.242. The van der Waals surface area contributed by atoms with Crippen molar-refractivity contribution in [1.82, 2.24) is 0 Å². The molecule has 0 aromatic heterocycles. The van der Waals surface area contributed by atoms with Crippen LogP contribution in [0.1, 0.15) is 27.8 Å². The van der Waals surface area contributed by atoms with Gasteiger partial charge in [0.15, 0.2) is 28.5 Å². The number of rotatable bonds is 2. The minimum Gasteiger partial charge on any atom is -0.493 e. The highest BCUT2D eigenvalue weighted by Crippen LogP contribution is 2.43. The molecule has 0 spiro atoms.